The first-order valence-electron chi connectivity index (χ1n) is 10.5. The zero-order chi connectivity index (χ0) is 21.1. The molecule has 156 valence electrons. The molecule has 0 saturated carbocycles. The molecule has 0 aliphatic carbocycles. The number of nitrogens with zero attached hydrogens (tertiary/aromatic N) is 5. The summed E-state index contributed by atoms with van der Waals surface area (Å²) in [6, 6.07) is 14.0. The Balaban J connectivity index is 1.46. The minimum atomic E-state index is -0.0583. The van der Waals surface area contributed by atoms with Gasteiger partial charge in [0.05, 0.1) is 17.7 Å². The molecule has 1 aromatic carbocycles. The number of carbonyl (C=O) groups excluding carboxylic acids is 1. The molecule has 3 heterocycles. The highest BCUT2D eigenvalue weighted by Gasteiger charge is 2.27. The molecule has 1 aliphatic rings. The van der Waals surface area contributed by atoms with Gasteiger partial charge in [0.1, 0.15) is 12.1 Å². The summed E-state index contributed by atoms with van der Waals surface area (Å²) in [5.74, 6) is 1.62. The van der Waals surface area contributed by atoms with Crippen LogP contribution in [0.25, 0.3) is 5.82 Å². The smallest absolute Gasteiger partial charge is 0.225 e. The minimum Gasteiger partial charge on any atom is -0.356 e. The fourth-order valence-electron chi connectivity index (χ4n) is 4.04. The van der Waals surface area contributed by atoms with Gasteiger partial charge in [-0.15, -0.1) is 0 Å². The van der Waals surface area contributed by atoms with Gasteiger partial charge in [0.2, 0.25) is 5.91 Å². The van der Waals surface area contributed by atoms with Gasteiger partial charge in [-0.1, -0.05) is 30.3 Å². The van der Waals surface area contributed by atoms with Crippen LogP contribution >= 0.6 is 0 Å². The van der Waals surface area contributed by atoms with Crippen LogP contribution in [0.4, 0.5) is 5.82 Å². The highest BCUT2D eigenvalue weighted by molar-refractivity contribution is 5.80. The van der Waals surface area contributed by atoms with Gasteiger partial charge < -0.3 is 10.2 Å². The summed E-state index contributed by atoms with van der Waals surface area (Å²) >= 11 is 0. The second-order valence-corrected chi connectivity index (χ2v) is 8.00. The molecule has 1 saturated heterocycles. The number of rotatable bonds is 5. The maximum atomic E-state index is 12.9. The van der Waals surface area contributed by atoms with E-state index in [1.54, 1.807) is 6.33 Å². The molecule has 7 nitrogen and oxygen atoms in total. The van der Waals surface area contributed by atoms with Crippen LogP contribution in [-0.2, 0) is 4.79 Å². The Labute approximate surface area is 177 Å². The first-order valence-corrected chi connectivity index (χ1v) is 10.5. The van der Waals surface area contributed by atoms with E-state index in [0.717, 1.165) is 48.0 Å². The molecular weight excluding hydrogens is 376 g/mol. The van der Waals surface area contributed by atoms with Crippen molar-refractivity contribution < 1.29 is 4.79 Å². The lowest BCUT2D eigenvalue weighted by molar-refractivity contribution is -0.125. The molecule has 0 radical (unpaired) electrons. The number of hydrogen-bond donors (Lipinski definition) is 1. The van der Waals surface area contributed by atoms with Crippen LogP contribution in [0.1, 0.15) is 42.8 Å². The van der Waals surface area contributed by atoms with Gasteiger partial charge >= 0.3 is 0 Å². The number of amides is 1. The summed E-state index contributed by atoms with van der Waals surface area (Å²) in [5.41, 5.74) is 3.10. The van der Waals surface area contributed by atoms with Gasteiger partial charge in [0.25, 0.3) is 0 Å². The summed E-state index contributed by atoms with van der Waals surface area (Å²) in [4.78, 5) is 23.9. The molecule has 1 amide bonds. The first-order chi connectivity index (χ1) is 14.5. The number of aryl methyl sites for hydroxylation is 2. The summed E-state index contributed by atoms with van der Waals surface area (Å²) in [6.45, 7) is 7.54. The van der Waals surface area contributed by atoms with E-state index >= 15 is 0 Å². The van der Waals surface area contributed by atoms with Crippen molar-refractivity contribution in [1.29, 1.82) is 0 Å². The number of carbonyl (C=O) groups is 1. The lowest BCUT2D eigenvalue weighted by atomic mass is 9.96. The normalized spacial score (nSPS) is 17.6. The molecule has 2 atom stereocenters. The third-order valence-corrected chi connectivity index (χ3v) is 5.64. The molecule has 1 N–H and O–H groups in total. The monoisotopic (exact) mass is 404 g/mol. The molecule has 2 aromatic heterocycles. The maximum Gasteiger partial charge on any atom is 0.225 e. The van der Waals surface area contributed by atoms with Crippen LogP contribution in [-0.4, -0.2) is 38.7 Å². The third kappa shape index (κ3) is 4.35. The average molecular weight is 405 g/mol. The van der Waals surface area contributed by atoms with Crippen LogP contribution in [0.2, 0.25) is 0 Å². The maximum absolute atomic E-state index is 12.9. The van der Waals surface area contributed by atoms with Crippen molar-refractivity contribution in [3.8, 4) is 5.82 Å². The Morgan fingerprint density at radius 1 is 1.13 bits per heavy atom. The summed E-state index contributed by atoms with van der Waals surface area (Å²) in [7, 11) is 0. The molecule has 3 aromatic rings. The van der Waals surface area contributed by atoms with Gasteiger partial charge in [0, 0.05) is 24.8 Å². The first kappa shape index (κ1) is 20.1. The number of aromatic nitrogens is 4. The summed E-state index contributed by atoms with van der Waals surface area (Å²) in [6.07, 6.45) is 3.42. The lowest BCUT2D eigenvalue weighted by Gasteiger charge is -2.33. The van der Waals surface area contributed by atoms with E-state index in [-0.39, 0.29) is 17.9 Å². The van der Waals surface area contributed by atoms with Crippen LogP contribution in [0.15, 0.2) is 48.8 Å². The quantitative estimate of drug-likeness (QED) is 0.706. The van der Waals surface area contributed by atoms with Crippen LogP contribution < -0.4 is 10.2 Å². The highest BCUT2D eigenvalue weighted by atomic mass is 16.2. The van der Waals surface area contributed by atoms with E-state index in [9.17, 15) is 4.79 Å². The number of hydrogen-bond acceptors (Lipinski definition) is 5. The van der Waals surface area contributed by atoms with Crippen molar-refractivity contribution in [2.75, 3.05) is 18.0 Å². The minimum absolute atomic E-state index is 0.00856. The second kappa shape index (κ2) is 8.65. The molecule has 1 aliphatic heterocycles. The Kier molecular flexibility index (Phi) is 5.79. The molecule has 1 fully saturated rings. The molecule has 4 rings (SSSR count). The fourth-order valence-corrected chi connectivity index (χ4v) is 4.04. The molecule has 0 bridgehead atoms. The topological polar surface area (TPSA) is 75.9 Å². The van der Waals surface area contributed by atoms with Gasteiger partial charge in [-0.3, -0.25) is 4.79 Å². The summed E-state index contributed by atoms with van der Waals surface area (Å²) in [5, 5.41) is 7.69. The fraction of sp³-hybridized carbons (Fsp3) is 0.391. The zero-order valence-corrected chi connectivity index (χ0v) is 17.7. The standard InChI is InChI=1S/C23H28N6O/c1-16-12-17(2)29(27-16)22-13-21(24-15-25-22)28-11-7-10-20(14-28)23(30)26-18(3)19-8-5-4-6-9-19/h4-6,8-9,12-13,15,18,20H,7,10-11,14H2,1-3H3,(H,26,30). The van der Waals surface area contributed by atoms with Crippen molar-refractivity contribution in [2.24, 2.45) is 5.92 Å². The van der Waals surface area contributed by atoms with Crippen molar-refractivity contribution in [1.82, 2.24) is 25.1 Å². The third-order valence-electron chi connectivity index (χ3n) is 5.64. The predicted molar refractivity (Wildman–Crippen MR) is 117 cm³/mol. The Morgan fingerprint density at radius 3 is 2.63 bits per heavy atom. The van der Waals surface area contributed by atoms with Crippen molar-refractivity contribution >= 4 is 11.7 Å². The lowest BCUT2D eigenvalue weighted by Crippen LogP contribution is -2.44. The molecule has 30 heavy (non-hydrogen) atoms. The van der Waals surface area contributed by atoms with Crippen LogP contribution in [0, 0.1) is 19.8 Å². The number of anilines is 1. The Bertz CT molecular complexity index is 1020. The Morgan fingerprint density at radius 2 is 1.90 bits per heavy atom. The van der Waals surface area contributed by atoms with Crippen LogP contribution in [0.5, 0.6) is 0 Å². The van der Waals surface area contributed by atoms with E-state index in [2.05, 4.69) is 25.3 Å². The second-order valence-electron chi connectivity index (χ2n) is 8.00. The highest BCUT2D eigenvalue weighted by Crippen LogP contribution is 2.24. The van der Waals surface area contributed by atoms with Gasteiger partial charge in [0.15, 0.2) is 5.82 Å². The van der Waals surface area contributed by atoms with Gasteiger partial charge in [-0.05, 0) is 45.2 Å². The molecule has 0 spiro atoms. The predicted octanol–water partition coefficient (Wildman–Crippen LogP) is 3.37. The van der Waals surface area contributed by atoms with E-state index in [4.69, 9.17) is 0 Å². The van der Waals surface area contributed by atoms with E-state index in [1.165, 1.54) is 0 Å². The largest absolute Gasteiger partial charge is 0.356 e. The van der Waals surface area contributed by atoms with E-state index in [1.807, 2.05) is 67.9 Å². The number of nitrogens with one attached hydrogen (secondary N) is 1. The van der Waals surface area contributed by atoms with Crippen molar-refractivity contribution in [3.63, 3.8) is 0 Å². The Hall–Kier alpha value is -3.22. The SMILES string of the molecule is Cc1cc(C)n(-c2cc(N3CCCC(C(=O)NC(C)c4ccccc4)C3)ncn2)n1. The molecule has 2 unspecified atom stereocenters. The zero-order valence-electron chi connectivity index (χ0n) is 17.7. The number of piperidine rings is 1. The van der Waals surface area contributed by atoms with E-state index < -0.39 is 0 Å². The van der Waals surface area contributed by atoms with Crippen LogP contribution in [0.3, 0.4) is 0 Å². The average Bonchev–Trinajstić information content (AvgIpc) is 3.12. The van der Waals surface area contributed by atoms with Gasteiger partial charge in [-0.25, -0.2) is 14.6 Å². The van der Waals surface area contributed by atoms with Gasteiger partial charge in [-0.2, -0.15) is 5.10 Å². The summed E-state index contributed by atoms with van der Waals surface area (Å²) < 4.78 is 1.83. The molecule has 7 heteroatoms. The van der Waals surface area contributed by atoms with Crippen molar-refractivity contribution in [3.05, 3.63) is 65.7 Å². The molecular formula is C23H28N6O. The van der Waals surface area contributed by atoms with Crippen molar-refractivity contribution in [2.45, 2.75) is 39.7 Å². The number of benzene rings is 1. The van der Waals surface area contributed by atoms with E-state index in [0.29, 0.717) is 6.54 Å².